The fourth-order valence-corrected chi connectivity index (χ4v) is 8.23. The molecular formula is C56H49N3O. The van der Waals surface area contributed by atoms with Crippen molar-refractivity contribution >= 4 is 11.0 Å². The van der Waals surface area contributed by atoms with Crippen LogP contribution in [-0.2, 0) is 0 Å². The summed E-state index contributed by atoms with van der Waals surface area (Å²) in [5.41, 5.74) is 15.1. The predicted octanol–water partition coefficient (Wildman–Crippen LogP) is 15.4. The summed E-state index contributed by atoms with van der Waals surface area (Å²) >= 11 is 0. The molecule has 0 spiro atoms. The van der Waals surface area contributed by atoms with Crippen LogP contribution in [-0.4, -0.2) is 14.5 Å². The van der Waals surface area contributed by atoms with Crippen molar-refractivity contribution in [1.29, 1.82) is 0 Å². The van der Waals surface area contributed by atoms with E-state index in [9.17, 15) is 0 Å². The highest BCUT2D eigenvalue weighted by Crippen LogP contribution is 2.42. The fraction of sp³-hybridized carbons (Fsp3) is 0.143. The van der Waals surface area contributed by atoms with Crippen LogP contribution in [0.5, 0.6) is 11.5 Å². The van der Waals surface area contributed by atoms with Gasteiger partial charge in [0.05, 0.1) is 22.4 Å². The molecule has 0 atom stereocenters. The minimum atomic E-state index is -2.32. The molecule has 9 rings (SSSR count). The first-order valence-electron chi connectivity index (χ1n) is 22.2. The highest BCUT2D eigenvalue weighted by atomic mass is 16.5. The Morgan fingerprint density at radius 3 is 1.85 bits per heavy atom. The number of aryl methyl sites for hydroxylation is 1. The number of rotatable bonds is 10. The summed E-state index contributed by atoms with van der Waals surface area (Å²) in [5.74, 6) is 2.71. The number of para-hydroxylation sites is 3. The summed E-state index contributed by atoms with van der Waals surface area (Å²) in [6.45, 7) is 8.81. The highest BCUT2D eigenvalue weighted by molar-refractivity contribution is 5.87. The van der Waals surface area contributed by atoms with E-state index in [1.54, 1.807) is 0 Å². The molecule has 7 aromatic carbocycles. The van der Waals surface area contributed by atoms with Crippen LogP contribution >= 0.6 is 0 Å². The van der Waals surface area contributed by atoms with Crippen molar-refractivity contribution < 1.29 is 8.85 Å². The van der Waals surface area contributed by atoms with Gasteiger partial charge < -0.3 is 4.74 Å². The molecule has 0 amide bonds. The summed E-state index contributed by atoms with van der Waals surface area (Å²) in [6, 6.07) is 57.9. The zero-order chi connectivity index (χ0) is 43.8. The normalized spacial score (nSPS) is 12.4. The Balaban J connectivity index is 1.22. The van der Waals surface area contributed by atoms with E-state index in [1.165, 1.54) is 23.0 Å². The van der Waals surface area contributed by atoms with Crippen molar-refractivity contribution in [2.24, 2.45) is 0 Å². The van der Waals surface area contributed by atoms with Gasteiger partial charge >= 0.3 is 0 Å². The molecule has 0 aliphatic carbocycles. The second-order valence-electron chi connectivity index (χ2n) is 16.1. The number of ether oxygens (including phenoxy) is 1. The van der Waals surface area contributed by atoms with E-state index in [4.69, 9.17) is 13.8 Å². The molecule has 0 aliphatic heterocycles. The molecule has 60 heavy (non-hydrogen) atoms. The first-order chi connectivity index (χ1) is 30.4. The van der Waals surface area contributed by atoms with Crippen LogP contribution in [0.25, 0.3) is 72.7 Å². The first kappa shape index (κ1) is 35.0. The van der Waals surface area contributed by atoms with Gasteiger partial charge in [0.25, 0.3) is 0 Å². The van der Waals surface area contributed by atoms with E-state index in [2.05, 4.69) is 141 Å². The second kappa shape index (κ2) is 16.3. The zero-order valence-corrected chi connectivity index (χ0v) is 34.6. The zero-order valence-electron chi connectivity index (χ0n) is 37.6. The molecule has 0 saturated heterocycles. The van der Waals surface area contributed by atoms with Gasteiger partial charge in [-0.15, -0.1) is 0 Å². The molecule has 0 aliphatic rings. The monoisotopic (exact) mass is 782 g/mol. The maximum Gasteiger partial charge on any atom is 0.145 e. The Morgan fingerprint density at radius 1 is 0.550 bits per heavy atom. The third kappa shape index (κ3) is 7.42. The second-order valence-corrected chi connectivity index (χ2v) is 16.1. The number of fused-ring (bicyclic) bond motifs is 1. The van der Waals surface area contributed by atoms with Gasteiger partial charge in [0.1, 0.15) is 17.3 Å². The van der Waals surface area contributed by atoms with Gasteiger partial charge in [-0.3, -0.25) is 9.55 Å². The summed E-state index contributed by atoms with van der Waals surface area (Å²) in [7, 11) is 0. The summed E-state index contributed by atoms with van der Waals surface area (Å²) in [6.07, 6.45) is 1.48. The van der Waals surface area contributed by atoms with E-state index < -0.39 is 6.85 Å². The van der Waals surface area contributed by atoms with Crippen LogP contribution < -0.4 is 4.74 Å². The van der Waals surface area contributed by atoms with E-state index in [1.807, 2.05) is 72.8 Å². The molecule has 2 heterocycles. The standard InChI is InChI=1S/C56H49N3O/c1-36(2)47-23-16-24-48(37(3)4)55(47)59-53-26-14-13-25-51(53)58-56(59)45-32-50(43-29-27-41(28-30-43)40-17-9-7-10-18-40)39(6)54(33-45)60-46-22-15-21-44(31-46)52-34-49(38(5)35-57-52)42-19-11-8-12-20-42/h7-37H,1-6H3/i5D3. The molecule has 0 bridgehead atoms. The molecule has 0 saturated carbocycles. The van der Waals surface area contributed by atoms with Gasteiger partial charge in [0, 0.05) is 21.4 Å². The van der Waals surface area contributed by atoms with E-state index in [0.717, 1.165) is 61.4 Å². The van der Waals surface area contributed by atoms with Crippen LogP contribution in [0.4, 0.5) is 0 Å². The number of aromatic nitrogens is 3. The van der Waals surface area contributed by atoms with Crippen molar-refractivity contribution in [2.45, 2.75) is 53.3 Å². The topological polar surface area (TPSA) is 39.9 Å². The number of nitrogens with zero attached hydrogens (tertiary/aromatic N) is 3. The molecule has 294 valence electrons. The average Bonchev–Trinajstić information content (AvgIpc) is 3.69. The molecule has 0 radical (unpaired) electrons. The Hall–Kier alpha value is -7.04. The van der Waals surface area contributed by atoms with Gasteiger partial charge in [-0.25, -0.2) is 4.98 Å². The van der Waals surface area contributed by atoms with Crippen molar-refractivity contribution in [1.82, 2.24) is 14.5 Å². The maximum atomic E-state index is 8.25. The Bertz CT molecular complexity index is 3050. The van der Waals surface area contributed by atoms with Crippen molar-refractivity contribution in [3.63, 3.8) is 0 Å². The molecule has 4 nitrogen and oxygen atoms in total. The summed E-state index contributed by atoms with van der Waals surface area (Å²) in [5, 5.41) is 0. The number of imidazole rings is 1. The molecule has 9 aromatic rings. The predicted molar refractivity (Wildman–Crippen MR) is 250 cm³/mol. The van der Waals surface area contributed by atoms with Gasteiger partial charge in [-0.2, -0.15) is 0 Å². The average molecular weight is 783 g/mol. The fourth-order valence-electron chi connectivity index (χ4n) is 8.23. The van der Waals surface area contributed by atoms with E-state index >= 15 is 0 Å². The van der Waals surface area contributed by atoms with Crippen molar-refractivity contribution in [2.75, 3.05) is 0 Å². The minimum Gasteiger partial charge on any atom is -0.457 e. The summed E-state index contributed by atoms with van der Waals surface area (Å²) < 4.78 is 34.1. The highest BCUT2D eigenvalue weighted by Gasteiger charge is 2.24. The maximum absolute atomic E-state index is 8.25. The molecular weight excluding hydrogens is 731 g/mol. The number of pyridine rings is 1. The van der Waals surface area contributed by atoms with Crippen LogP contribution in [0.1, 0.15) is 65.9 Å². The van der Waals surface area contributed by atoms with E-state index in [-0.39, 0.29) is 17.4 Å². The first-order valence-corrected chi connectivity index (χ1v) is 20.7. The van der Waals surface area contributed by atoms with Gasteiger partial charge in [0.15, 0.2) is 0 Å². The SMILES string of the molecule is [2H]C([2H])([2H])c1cnc(-c2cccc(Oc3cc(-c4nc5ccccc5n4-c4c(C(C)C)cccc4C(C)C)cc(-c4ccc(-c5ccccc5)cc4)c3C)c2)cc1-c1ccccc1. The third-order valence-electron chi connectivity index (χ3n) is 11.4. The number of benzene rings is 7. The molecule has 2 aromatic heterocycles. The molecule has 4 heteroatoms. The lowest BCUT2D eigenvalue weighted by Gasteiger charge is -2.23. The lowest BCUT2D eigenvalue weighted by molar-refractivity contribution is 0.479. The van der Waals surface area contributed by atoms with E-state index in [0.29, 0.717) is 22.8 Å². The smallest absolute Gasteiger partial charge is 0.145 e. The lowest BCUT2D eigenvalue weighted by Crippen LogP contribution is -2.08. The summed E-state index contributed by atoms with van der Waals surface area (Å²) in [4.78, 5) is 10.1. The number of hydrogen-bond acceptors (Lipinski definition) is 3. The molecule has 0 fully saturated rings. The van der Waals surface area contributed by atoms with Crippen LogP contribution in [0.3, 0.4) is 0 Å². The third-order valence-corrected chi connectivity index (χ3v) is 11.4. The van der Waals surface area contributed by atoms with Crippen LogP contribution in [0.15, 0.2) is 176 Å². The largest absolute Gasteiger partial charge is 0.457 e. The number of hydrogen-bond donors (Lipinski definition) is 0. The minimum absolute atomic E-state index is 0.212. The van der Waals surface area contributed by atoms with Crippen LogP contribution in [0.2, 0.25) is 0 Å². The van der Waals surface area contributed by atoms with Crippen LogP contribution in [0, 0.1) is 13.8 Å². The molecule has 0 N–H and O–H groups in total. The van der Waals surface area contributed by atoms with Gasteiger partial charge in [-0.1, -0.05) is 155 Å². The molecule has 0 unspecified atom stereocenters. The lowest BCUT2D eigenvalue weighted by atomic mass is 9.92. The Morgan fingerprint density at radius 2 is 1.15 bits per heavy atom. The quantitative estimate of drug-likeness (QED) is 0.139. The van der Waals surface area contributed by atoms with Crippen molar-refractivity contribution in [3.05, 3.63) is 198 Å². The Labute approximate surface area is 358 Å². The van der Waals surface area contributed by atoms with Crippen molar-refractivity contribution in [3.8, 4) is 73.2 Å². The Kier molecular flexibility index (Phi) is 9.50. The van der Waals surface area contributed by atoms with Gasteiger partial charge in [0.2, 0.25) is 0 Å². The van der Waals surface area contributed by atoms with Gasteiger partial charge in [-0.05, 0) is 124 Å².